The van der Waals surface area contributed by atoms with Crippen LogP contribution in [-0.4, -0.2) is 105 Å². The molecule has 5 heterocycles. The maximum Gasteiger partial charge on any atom is 0.247 e. The van der Waals surface area contributed by atoms with Crippen molar-refractivity contribution < 1.29 is 23.5 Å². The van der Waals surface area contributed by atoms with E-state index in [4.69, 9.17) is 13.9 Å². The second-order valence-corrected chi connectivity index (χ2v) is 10.0. The van der Waals surface area contributed by atoms with E-state index in [-0.39, 0.29) is 24.5 Å². The van der Waals surface area contributed by atoms with Crippen molar-refractivity contribution in [1.82, 2.24) is 40.3 Å². The number of amides is 2. The molecule has 3 aromatic rings. The molecule has 2 aliphatic rings. The van der Waals surface area contributed by atoms with Gasteiger partial charge in [-0.15, -0.1) is 10.2 Å². The lowest BCUT2D eigenvalue weighted by Crippen LogP contribution is -2.47. The second-order valence-electron chi connectivity index (χ2n) is 10.0. The Morgan fingerprint density at radius 1 is 1.15 bits per heavy atom. The van der Waals surface area contributed by atoms with Crippen LogP contribution in [0.2, 0.25) is 0 Å². The molecule has 0 radical (unpaired) electrons. The van der Waals surface area contributed by atoms with E-state index in [1.165, 1.54) is 4.80 Å². The monoisotopic (exact) mass is 552 g/mol. The molecule has 0 aliphatic carbocycles. The predicted molar refractivity (Wildman–Crippen MR) is 143 cm³/mol. The van der Waals surface area contributed by atoms with Gasteiger partial charge in [0.15, 0.2) is 5.76 Å². The predicted octanol–water partition coefficient (Wildman–Crippen LogP) is 1.22. The average molecular weight is 553 g/mol. The first kappa shape index (κ1) is 27.9. The number of nitrogens with zero attached hydrogens (tertiary/aromatic N) is 7. The summed E-state index contributed by atoms with van der Waals surface area (Å²) in [7, 11) is 0. The lowest BCUT2D eigenvalue weighted by atomic mass is 10.0. The molecular formula is C27H36N8O5. The van der Waals surface area contributed by atoms with E-state index >= 15 is 0 Å². The number of pyridine rings is 1. The van der Waals surface area contributed by atoms with Gasteiger partial charge in [-0.25, -0.2) is 0 Å². The number of nitrogens with one attached hydrogen (secondary N) is 1. The first-order valence-electron chi connectivity index (χ1n) is 13.8. The second kappa shape index (κ2) is 13.6. The zero-order valence-corrected chi connectivity index (χ0v) is 22.8. The Hall–Kier alpha value is -3.68. The van der Waals surface area contributed by atoms with Gasteiger partial charge in [0.05, 0.1) is 19.3 Å². The van der Waals surface area contributed by atoms with Gasteiger partial charge in [-0.1, -0.05) is 0 Å². The van der Waals surface area contributed by atoms with Gasteiger partial charge in [-0.2, -0.15) is 4.80 Å². The first-order valence-corrected chi connectivity index (χ1v) is 13.8. The lowest BCUT2D eigenvalue weighted by Gasteiger charge is -2.33. The number of carbonyl (C=O) groups is 2. The van der Waals surface area contributed by atoms with Crippen LogP contribution in [0.15, 0.2) is 41.1 Å². The number of ether oxygens (including phenoxy) is 2. The number of aromatic nitrogens is 5. The molecule has 40 heavy (non-hydrogen) atoms. The molecule has 13 heteroatoms. The summed E-state index contributed by atoms with van der Waals surface area (Å²) in [5.74, 6) is 0.930. The van der Waals surface area contributed by atoms with Crippen LogP contribution in [-0.2, 0) is 25.6 Å². The zero-order valence-electron chi connectivity index (χ0n) is 22.8. The van der Waals surface area contributed by atoms with E-state index in [2.05, 4.69) is 30.6 Å². The number of hydrogen-bond donors (Lipinski definition) is 1. The average Bonchev–Trinajstić information content (AvgIpc) is 3.75. The van der Waals surface area contributed by atoms with Gasteiger partial charge in [0.1, 0.15) is 18.3 Å². The fraction of sp³-hybridized carbons (Fsp3) is 0.556. The molecule has 2 amide bonds. The molecule has 1 N–H and O–H groups in total. The van der Waals surface area contributed by atoms with E-state index in [1.54, 1.807) is 35.5 Å². The van der Waals surface area contributed by atoms with Crippen LogP contribution in [0.4, 0.5) is 0 Å². The van der Waals surface area contributed by atoms with E-state index in [0.29, 0.717) is 56.5 Å². The molecule has 0 spiro atoms. The number of morpholine rings is 1. The molecule has 0 unspecified atom stereocenters. The number of carbonyl (C=O) groups excluding carboxylic acids is 2. The number of hydrogen-bond acceptors (Lipinski definition) is 10. The van der Waals surface area contributed by atoms with Crippen molar-refractivity contribution in [3.63, 3.8) is 0 Å². The minimum absolute atomic E-state index is 0.0180. The van der Waals surface area contributed by atoms with Gasteiger partial charge >= 0.3 is 0 Å². The summed E-state index contributed by atoms with van der Waals surface area (Å²) in [5.41, 5.74) is 0.679. The topological polar surface area (TPSA) is 141 Å². The standard InChI is InChI=1S/C27H36N8O5/c1-20-5-6-23(40-20)26-30-32-35(31-26)19-24(36)34(12-3-11-33-13-16-38-17-14-33)25(21-7-9-28-10-8-21)27(37)29-18-22-4-2-15-39-22/h5-10,22,25H,2-4,11-19H2,1H3,(H,29,37)/t22-,25-/m1/s1. The highest BCUT2D eigenvalue weighted by Gasteiger charge is 2.32. The van der Waals surface area contributed by atoms with Gasteiger partial charge in [-0.3, -0.25) is 19.5 Å². The highest BCUT2D eigenvalue weighted by molar-refractivity contribution is 5.88. The van der Waals surface area contributed by atoms with Crippen LogP contribution in [0.5, 0.6) is 0 Å². The van der Waals surface area contributed by atoms with Gasteiger partial charge in [0, 0.05) is 51.7 Å². The number of tetrazole rings is 1. The summed E-state index contributed by atoms with van der Waals surface area (Å²) in [5, 5.41) is 15.5. The Morgan fingerprint density at radius 3 is 2.70 bits per heavy atom. The molecule has 2 atom stereocenters. The van der Waals surface area contributed by atoms with Crippen molar-refractivity contribution >= 4 is 11.8 Å². The van der Waals surface area contributed by atoms with Gasteiger partial charge in [0.2, 0.25) is 17.6 Å². The van der Waals surface area contributed by atoms with E-state index in [1.807, 2.05) is 13.0 Å². The van der Waals surface area contributed by atoms with Crippen molar-refractivity contribution in [2.75, 3.05) is 52.5 Å². The minimum atomic E-state index is -0.850. The van der Waals surface area contributed by atoms with Crippen LogP contribution < -0.4 is 5.32 Å². The molecule has 5 rings (SSSR count). The van der Waals surface area contributed by atoms with Crippen LogP contribution >= 0.6 is 0 Å². The Kier molecular flexibility index (Phi) is 9.47. The molecular weight excluding hydrogens is 516 g/mol. The highest BCUT2D eigenvalue weighted by Crippen LogP contribution is 2.23. The van der Waals surface area contributed by atoms with Crippen molar-refractivity contribution in [2.24, 2.45) is 0 Å². The maximum absolute atomic E-state index is 13.8. The highest BCUT2D eigenvalue weighted by atomic mass is 16.5. The molecule has 2 fully saturated rings. The SMILES string of the molecule is Cc1ccc(-c2nnn(CC(=O)N(CCCN3CCOCC3)[C@@H](C(=O)NC[C@H]3CCCO3)c3ccncc3)n2)o1. The van der Waals surface area contributed by atoms with Crippen molar-refractivity contribution in [3.8, 4) is 11.6 Å². The molecule has 2 aliphatic heterocycles. The summed E-state index contributed by atoms with van der Waals surface area (Å²) < 4.78 is 16.7. The van der Waals surface area contributed by atoms with Crippen LogP contribution in [0.1, 0.15) is 36.6 Å². The van der Waals surface area contributed by atoms with E-state index < -0.39 is 6.04 Å². The quantitative estimate of drug-likeness (QED) is 0.349. The first-order chi connectivity index (χ1) is 19.6. The number of rotatable bonds is 12. The summed E-state index contributed by atoms with van der Waals surface area (Å²) in [6, 6.07) is 6.25. The number of aryl methyl sites for hydroxylation is 1. The molecule has 0 bridgehead atoms. The fourth-order valence-corrected chi connectivity index (χ4v) is 5.00. The molecule has 13 nitrogen and oxygen atoms in total. The van der Waals surface area contributed by atoms with Gasteiger partial charge < -0.3 is 24.1 Å². The van der Waals surface area contributed by atoms with Crippen LogP contribution in [0.3, 0.4) is 0 Å². The third-order valence-corrected chi connectivity index (χ3v) is 7.10. The summed E-state index contributed by atoms with van der Waals surface area (Å²) in [6.07, 6.45) is 5.80. The summed E-state index contributed by atoms with van der Waals surface area (Å²) in [6.45, 7) is 7.00. The fourth-order valence-electron chi connectivity index (χ4n) is 5.00. The van der Waals surface area contributed by atoms with E-state index in [0.717, 1.165) is 38.2 Å². The van der Waals surface area contributed by atoms with Crippen molar-refractivity contribution in [2.45, 2.75) is 44.9 Å². The smallest absolute Gasteiger partial charge is 0.247 e. The van der Waals surface area contributed by atoms with Gasteiger partial charge in [-0.05, 0) is 61.2 Å². The van der Waals surface area contributed by atoms with Crippen LogP contribution in [0.25, 0.3) is 11.6 Å². The van der Waals surface area contributed by atoms with Gasteiger partial charge in [0.25, 0.3) is 0 Å². The van der Waals surface area contributed by atoms with E-state index in [9.17, 15) is 9.59 Å². The summed E-state index contributed by atoms with van der Waals surface area (Å²) >= 11 is 0. The Morgan fingerprint density at radius 2 is 1.98 bits per heavy atom. The Balaban J connectivity index is 1.35. The maximum atomic E-state index is 13.8. The third kappa shape index (κ3) is 7.29. The Labute approximate surface area is 232 Å². The molecule has 2 saturated heterocycles. The normalized spacial score (nSPS) is 18.5. The zero-order chi connectivity index (χ0) is 27.7. The number of furan rings is 1. The Bertz CT molecular complexity index is 1240. The molecule has 3 aromatic heterocycles. The molecule has 0 aromatic carbocycles. The third-order valence-electron chi connectivity index (χ3n) is 7.10. The van der Waals surface area contributed by atoms with Crippen molar-refractivity contribution in [3.05, 3.63) is 48.0 Å². The molecule has 214 valence electrons. The largest absolute Gasteiger partial charge is 0.458 e. The lowest BCUT2D eigenvalue weighted by molar-refractivity contribution is -0.142. The van der Waals surface area contributed by atoms with Crippen LogP contribution in [0, 0.1) is 6.92 Å². The minimum Gasteiger partial charge on any atom is -0.458 e. The molecule has 0 saturated carbocycles. The summed E-state index contributed by atoms with van der Waals surface area (Å²) in [4.78, 5) is 36.8. The van der Waals surface area contributed by atoms with Crippen molar-refractivity contribution in [1.29, 1.82) is 0 Å².